The number of rotatable bonds is 3. The second kappa shape index (κ2) is 10.4. The van der Waals surface area contributed by atoms with E-state index in [4.69, 9.17) is 15.0 Å². The van der Waals surface area contributed by atoms with Gasteiger partial charge in [0.05, 0.1) is 0 Å². The number of aromatic nitrogens is 3. The summed E-state index contributed by atoms with van der Waals surface area (Å²) in [5.74, 6) is 2.05. The normalized spacial score (nSPS) is 11.8. The van der Waals surface area contributed by atoms with Gasteiger partial charge < -0.3 is 0 Å². The number of benzene rings is 8. The van der Waals surface area contributed by atoms with Gasteiger partial charge in [-0.25, -0.2) is 0 Å². The predicted molar refractivity (Wildman–Crippen MR) is 198 cm³/mol. The minimum absolute atomic E-state index is 0.0890. The van der Waals surface area contributed by atoms with Gasteiger partial charge in [-0.3, -0.25) is 0 Å². The molecular formula is C43H25N3Se. The van der Waals surface area contributed by atoms with Gasteiger partial charge in [-0.05, 0) is 0 Å². The van der Waals surface area contributed by atoms with Crippen molar-refractivity contribution >= 4 is 76.9 Å². The van der Waals surface area contributed by atoms with Gasteiger partial charge in [0.15, 0.2) is 0 Å². The molecule has 47 heavy (non-hydrogen) atoms. The van der Waals surface area contributed by atoms with E-state index < -0.39 is 0 Å². The summed E-state index contributed by atoms with van der Waals surface area (Å²) in [7, 11) is 0. The molecule has 0 spiro atoms. The maximum absolute atomic E-state index is 5.13. The summed E-state index contributed by atoms with van der Waals surface area (Å²) in [6.45, 7) is 0. The minimum atomic E-state index is 0.0890. The van der Waals surface area contributed by atoms with Crippen LogP contribution in [0, 0.1) is 0 Å². The molecule has 0 saturated carbocycles. The second-order valence-electron chi connectivity index (χ2n) is 11.9. The predicted octanol–water partition coefficient (Wildman–Crippen LogP) is 10.8. The van der Waals surface area contributed by atoms with Gasteiger partial charge in [-0.15, -0.1) is 0 Å². The Hall–Kier alpha value is -5.67. The molecule has 0 radical (unpaired) electrons. The van der Waals surface area contributed by atoms with Crippen LogP contribution in [0.2, 0.25) is 0 Å². The van der Waals surface area contributed by atoms with Crippen LogP contribution in [0.15, 0.2) is 152 Å². The average molecular weight is 663 g/mol. The molecule has 0 aliphatic heterocycles. The molecule has 10 rings (SSSR count). The van der Waals surface area contributed by atoms with Crippen molar-refractivity contribution in [3.8, 4) is 34.2 Å². The standard InChI is InChI=1S/C43H25N3Se/c1-3-13-26(14-4-1)41-44-42(27-15-5-2-6-16-27)46-43(45-41)36-25-37-38(32-21-11-10-20-31(32)36)35-24-23-34-30-19-8-7-17-28(30)29-18-9-12-22-33(29)39(34)40(35)47-37/h1-25H. The summed E-state index contributed by atoms with van der Waals surface area (Å²) in [5, 5.41) is 13.1. The molecule has 2 heterocycles. The van der Waals surface area contributed by atoms with E-state index in [1.807, 2.05) is 36.4 Å². The fraction of sp³-hybridized carbons (Fsp3) is 0. The molecular weight excluding hydrogens is 637 g/mol. The van der Waals surface area contributed by atoms with Crippen molar-refractivity contribution in [2.24, 2.45) is 0 Å². The van der Waals surface area contributed by atoms with Gasteiger partial charge in [0.25, 0.3) is 0 Å². The third-order valence-corrected chi connectivity index (χ3v) is 11.7. The molecule has 0 amide bonds. The molecule has 2 aromatic heterocycles. The zero-order valence-electron chi connectivity index (χ0n) is 25.2. The molecule has 0 fully saturated rings. The van der Waals surface area contributed by atoms with Crippen molar-refractivity contribution in [1.82, 2.24) is 15.0 Å². The monoisotopic (exact) mass is 663 g/mol. The van der Waals surface area contributed by atoms with Crippen LogP contribution in [0.25, 0.3) is 96.5 Å². The molecule has 0 aliphatic carbocycles. The molecule has 0 bridgehead atoms. The van der Waals surface area contributed by atoms with Gasteiger partial charge in [0.2, 0.25) is 0 Å². The molecule has 8 aromatic carbocycles. The van der Waals surface area contributed by atoms with E-state index in [0.29, 0.717) is 17.5 Å². The van der Waals surface area contributed by atoms with Crippen molar-refractivity contribution in [2.75, 3.05) is 0 Å². The zero-order valence-corrected chi connectivity index (χ0v) is 26.9. The molecule has 0 unspecified atom stereocenters. The first kappa shape index (κ1) is 26.5. The Bertz CT molecular complexity index is 2750. The summed E-state index contributed by atoms with van der Waals surface area (Å²) in [4.78, 5) is 15.2. The molecule has 4 heteroatoms. The van der Waals surface area contributed by atoms with Gasteiger partial charge in [0, 0.05) is 0 Å². The number of hydrogen-bond donors (Lipinski definition) is 0. The summed E-state index contributed by atoms with van der Waals surface area (Å²) in [6, 6.07) is 54.0. The molecule has 0 atom stereocenters. The van der Waals surface area contributed by atoms with Crippen LogP contribution in [-0.2, 0) is 0 Å². The maximum atomic E-state index is 5.13. The molecule has 0 N–H and O–H groups in total. The van der Waals surface area contributed by atoms with Crippen LogP contribution < -0.4 is 0 Å². The van der Waals surface area contributed by atoms with Crippen LogP contribution in [-0.4, -0.2) is 29.5 Å². The van der Waals surface area contributed by atoms with Crippen LogP contribution in [0.5, 0.6) is 0 Å². The number of nitrogens with zero attached hydrogens (tertiary/aromatic N) is 3. The third kappa shape index (κ3) is 4.09. The summed E-state index contributed by atoms with van der Waals surface area (Å²) in [5.41, 5.74) is 2.99. The van der Waals surface area contributed by atoms with Crippen LogP contribution in [0.4, 0.5) is 0 Å². The van der Waals surface area contributed by atoms with Crippen LogP contribution in [0.3, 0.4) is 0 Å². The molecule has 218 valence electrons. The first-order chi connectivity index (χ1) is 23.3. The summed E-state index contributed by atoms with van der Waals surface area (Å²) >= 11 is 0.0890. The first-order valence-corrected chi connectivity index (χ1v) is 17.5. The Morgan fingerprint density at radius 3 is 1.36 bits per heavy atom. The van der Waals surface area contributed by atoms with Gasteiger partial charge >= 0.3 is 278 Å². The summed E-state index contributed by atoms with van der Waals surface area (Å²) < 4.78 is 2.83. The van der Waals surface area contributed by atoms with Crippen molar-refractivity contribution in [1.29, 1.82) is 0 Å². The Morgan fingerprint density at radius 1 is 0.340 bits per heavy atom. The molecule has 3 nitrogen and oxygen atoms in total. The summed E-state index contributed by atoms with van der Waals surface area (Å²) in [6.07, 6.45) is 0. The van der Waals surface area contributed by atoms with E-state index in [-0.39, 0.29) is 14.5 Å². The van der Waals surface area contributed by atoms with Crippen molar-refractivity contribution < 1.29 is 0 Å². The Balaban J connectivity index is 1.32. The SMILES string of the molecule is c1ccc(-c2nc(-c3ccccc3)nc(-c3cc4[se]c5c(ccc6c7ccccc7c7ccccc7c65)c4c4ccccc34)n2)cc1. The first-order valence-electron chi connectivity index (χ1n) is 15.8. The van der Waals surface area contributed by atoms with E-state index >= 15 is 0 Å². The average Bonchev–Trinajstić information content (AvgIpc) is 3.54. The third-order valence-electron chi connectivity index (χ3n) is 9.29. The van der Waals surface area contributed by atoms with Gasteiger partial charge in [-0.2, -0.15) is 0 Å². The van der Waals surface area contributed by atoms with E-state index in [2.05, 4.69) is 115 Å². The fourth-order valence-corrected chi connectivity index (χ4v) is 9.97. The Labute approximate surface area is 276 Å². The van der Waals surface area contributed by atoms with Crippen LogP contribution >= 0.6 is 0 Å². The molecule has 0 saturated heterocycles. The second-order valence-corrected chi connectivity index (χ2v) is 14.1. The van der Waals surface area contributed by atoms with E-state index in [1.165, 1.54) is 57.0 Å². The Kier molecular flexibility index (Phi) is 5.89. The van der Waals surface area contributed by atoms with E-state index in [1.54, 1.807) is 0 Å². The fourth-order valence-electron chi connectivity index (χ4n) is 7.20. The van der Waals surface area contributed by atoms with E-state index in [0.717, 1.165) is 22.1 Å². The van der Waals surface area contributed by atoms with Crippen molar-refractivity contribution in [3.63, 3.8) is 0 Å². The zero-order chi connectivity index (χ0) is 30.9. The van der Waals surface area contributed by atoms with Gasteiger partial charge in [-0.1, -0.05) is 0 Å². The number of fused-ring (bicyclic) bond motifs is 12. The van der Waals surface area contributed by atoms with Gasteiger partial charge in [0.1, 0.15) is 0 Å². The quantitative estimate of drug-likeness (QED) is 0.140. The molecule has 10 aromatic rings. The van der Waals surface area contributed by atoms with Crippen molar-refractivity contribution in [3.05, 3.63) is 152 Å². The van der Waals surface area contributed by atoms with E-state index in [9.17, 15) is 0 Å². The Morgan fingerprint density at radius 2 is 0.766 bits per heavy atom. The van der Waals surface area contributed by atoms with Crippen LogP contribution in [0.1, 0.15) is 0 Å². The van der Waals surface area contributed by atoms with Crippen molar-refractivity contribution in [2.45, 2.75) is 0 Å². The topological polar surface area (TPSA) is 38.7 Å². The number of hydrogen-bond acceptors (Lipinski definition) is 3. The molecule has 0 aliphatic rings.